The Morgan fingerprint density at radius 2 is 2.03 bits per heavy atom. The summed E-state index contributed by atoms with van der Waals surface area (Å²) >= 11 is 1.39. The van der Waals surface area contributed by atoms with Crippen molar-refractivity contribution in [3.05, 3.63) is 60.7 Å². The van der Waals surface area contributed by atoms with Gasteiger partial charge in [0.05, 0.1) is 5.75 Å². The molecule has 0 fully saturated rings. The zero-order valence-corrected chi connectivity index (χ0v) is 17.1. The van der Waals surface area contributed by atoms with Crippen LogP contribution in [-0.2, 0) is 17.8 Å². The quantitative estimate of drug-likeness (QED) is 0.449. The van der Waals surface area contributed by atoms with Crippen molar-refractivity contribution in [1.29, 1.82) is 0 Å². The monoisotopic (exact) mass is 420 g/mol. The number of hydrogen-bond donors (Lipinski definition) is 0. The molecule has 3 heterocycles. The molecular formula is C22H20N4O3S. The van der Waals surface area contributed by atoms with E-state index >= 15 is 0 Å². The maximum Gasteiger partial charge on any atom is 0.237 e. The van der Waals surface area contributed by atoms with Gasteiger partial charge in [0.25, 0.3) is 0 Å². The molecule has 152 valence electrons. The van der Waals surface area contributed by atoms with Crippen molar-refractivity contribution in [2.75, 3.05) is 24.0 Å². The van der Waals surface area contributed by atoms with Gasteiger partial charge in [-0.25, -0.2) is 0 Å². The Hall–Kier alpha value is -3.26. The predicted octanol–water partition coefficient (Wildman–Crippen LogP) is 3.54. The molecule has 0 aliphatic carbocycles. The third-order valence-electron chi connectivity index (χ3n) is 5.17. The van der Waals surface area contributed by atoms with Gasteiger partial charge >= 0.3 is 0 Å². The highest BCUT2D eigenvalue weighted by Crippen LogP contribution is 2.36. The van der Waals surface area contributed by atoms with E-state index in [2.05, 4.69) is 22.8 Å². The second-order valence-corrected chi connectivity index (χ2v) is 7.93. The van der Waals surface area contributed by atoms with E-state index in [9.17, 15) is 4.79 Å². The number of rotatable bonds is 6. The van der Waals surface area contributed by atoms with E-state index < -0.39 is 0 Å². The lowest BCUT2D eigenvalue weighted by Crippen LogP contribution is -2.30. The second kappa shape index (κ2) is 7.87. The van der Waals surface area contributed by atoms with Gasteiger partial charge in [-0.15, -0.1) is 16.8 Å². The Morgan fingerprint density at radius 1 is 1.17 bits per heavy atom. The van der Waals surface area contributed by atoms with Crippen molar-refractivity contribution in [2.24, 2.45) is 0 Å². The number of amides is 1. The topological polar surface area (TPSA) is 69.5 Å². The molecule has 8 heteroatoms. The molecular weight excluding hydrogens is 400 g/mol. The van der Waals surface area contributed by atoms with Gasteiger partial charge in [-0.3, -0.25) is 9.36 Å². The molecule has 2 aliphatic rings. The molecule has 0 radical (unpaired) electrons. The lowest BCUT2D eigenvalue weighted by Gasteiger charge is -2.17. The molecule has 30 heavy (non-hydrogen) atoms. The Bertz CT molecular complexity index is 1130. The lowest BCUT2D eigenvalue weighted by atomic mass is 10.2. The predicted molar refractivity (Wildman–Crippen MR) is 115 cm³/mol. The summed E-state index contributed by atoms with van der Waals surface area (Å²) in [7, 11) is 0. The van der Waals surface area contributed by atoms with Crippen molar-refractivity contribution in [2.45, 2.75) is 18.1 Å². The molecule has 0 spiro atoms. The van der Waals surface area contributed by atoms with Gasteiger partial charge in [0.15, 0.2) is 22.5 Å². The number of ether oxygens (including phenoxy) is 2. The Morgan fingerprint density at radius 3 is 2.93 bits per heavy atom. The van der Waals surface area contributed by atoms with Gasteiger partial charge in [-0.1, -0.05) is 36.0 Å². The summed E-state index contributed by atoms with van der Waals surface area (Å²) in [6.45, 7) is 5.33. The molecule has 0 bridgehead atoms. The average Bonchev–Trinajstić information content (AvgIpc) is 3.50. The number of allylic oxidation sites excluding steroid dienone is 1. The minimum absolute atomic E-state index is 0.0720. The highest BCUT2D eigenvalue weighted by atomic mass is 32.2. The number of nitrogens with zero attached hydrogens (tertiary/aromatic N) is 4. The number of fused-ring (bicyclic) bond motifs is 2. The molecule has 2 aromatic carbocycles. The number of carbonyl (C=O) groups excluding carboxylic acids is 1. The maximum absolute atomic E-state index is 12.9. The molecule has 3 aromatic rings. The standard InChI is InChI=1S/C22H20N4O3S/c1-2-10-26-21(16-7-8-18-19(12-16)29-14-28-18)23-24-22(26)30-13-20(27)25-11-9-15-5-3-4-6-17(15)25/h2-8,12H,1,9-11,13-14H2. The number of anilines is 1. The highest BCUT2D eigenvalue weighted by molar-refractivity contribution is 7.99. The number of thioether (sulfide) groups is 1. The summed E-state index contributed by atoms with van der Waals surface area (Å²) in [6.07, 6.45) is 2.69. The third kappa shape index (κ3) is 3.33. The molecule has 0 N–H and O–H groups in total. The van der Waals surface area contributed by atoms with Crippen LogP contribution in [0.3, 0.4) is 0 Å². The van der Waals surface area contributed by atoms with E-state index in [0.29, 0.717) is 29.0 Å². The van der Waals surface area contributed by atoms with Gasteiger partial charge in [0, 0.05) is 24.3 Å². The summed E-state index contributed by atoms with van der Waals surface area (Å²) in [5.74, 6) is 2.49. The van der Waals surface area contributed by atoms with Crippen molar-refractivity contribution in [3.63, 3.8) is 0 Å². The molecule has 0 saturated carbocycles. The average molecular weight is 420 g/mol. The zero-order chi connectivity index (χ0) is 20.5. The van der Waals surface area contributed by atoms with Crippen LogP contribution in [0, 0.1) is 0 Å². The van der Waals surface area contributed by atoms with Gasteiger partial charge in [0.2, 0.25) is 12.7 Å². The number of benzene rings is 2. The highest BCUT2D eigenvalue weighted by Gasteiger charge is 2.25. The summed E-state index contributed by atoms with van der Waals surface area (Å²) in [5.41, 5.74) is 3.10. The largest absolute Gasteiger partial charge is 0.454 e. The SMILES string of the molecule is C=CCn1c(SCC(=O)N2CCc3ccccc32)nnc1-c1ccc2c(c1)OCO2. The zero-order valence-electron chi connectivity index (χ0n) is 16.3. The van der Waals surface area contributed by atoms with Gasteiger partial charge < -0.3 is 14.4 Å². The molecule has 0 unspecified atom stereocenters. The van der Waals surface area contributed by atoms with Crippen LogP contribution in [-0.4, -0.2) is 39.8 Å². The van der Waals surface area contributed by atoms with Crippen LogP contribution in [0.4, 0.5) is 5.69 Å². The van der Waals surface area contributed by atoms with Gasteiger partial charge in [-0.2, -0.15) is 0 Å². The van der Waals surface area contributed by atoms with Crippen LogP contribution >= 0.6 is 11.8 Å². The third-order valence-corrected chi connectivity index (χ3v) is 6.12. The van der Waals surface area contributed by atoms with E-state index in [4.69, 9.17) is 9.47 Å². The smallest absolute Gasteiger partial charge is 0.237 e. The van der Waals surface area contributed by atoms with Crippen LogP contribution in [0.1, 0.15) is 5.56 Å². The van der Waals surface area contributed by atoms with Crippen molar-refractivity contribution < 1.29 is 14.3 Å². The van der Waals surface area contributed by atoms with Crippen LogP contribution in [0.2, 0.25) is 0 Å². The maximum atomic E-state index is 12.9. The van der Waals surface area contributed by atoms with Crippen molar-refractivity contribution in [3.8, 4) is 22.9 Å². The fourth-order valence-electron chi connectivity index (χ4n) is 3.74. The number of aromatic nitrogens is 3. The summed E-state index contributed by atoms with van der Waals surface area (Å²) < 4.78 is 12.8. The summed E-state index contributed by atoms with van der Waals surface area (Å²) in [6, 6.07) is 13.8. The Kier molecular flexibility index (Phi) is 4.92. The van der Waals surface area contributed by atoms with E-state index in [1.54, 1.807) is 6.08 Å². The minimum Gasteiger partial charge on any atom is -0.454 e. The van der Waals surface area contributed by atoms with E-state index in [-0.39, 0.29) is 12.7 Å². The molecule has 0 atom stereocenters. The first kappa shape index (κ1) is 18.7. The molecule has 1 amide bonds. The Labute approximate surface area is 178 Å². The van der Waals surface area contributed by atoms with E-state index in [1.165, 1.54) is 17.3 Å². The first-order chi connectivity index (χ1) is 14.7. The normalized spacial score (nSPS) is 14.1. The summed E-state index contributed by atoms with van der Waals surface area (Å²) in [4.78, 5) is 14.7. The number of carbonyl (C=O) groups is 1. The van der Waals surface area contributed by atoms with Gasteiger partial charge in [0.1, 0.15) is 0 Å². The van der Waals surface area contributed by atoms with E-state index in [1.807, 2.05) is 45.9 Å². The molecule has 1 aromatic heterocycles. The van der Waals surface area contributed by atoms with E-state index in [0.717, 1.165) is 30.0 Å². The van der Waals surface area contributed by atoms with Crippen LogP contribution in [0.5, 0.6) is 11.5 Å². The van der Waals surface area contributed by atoms with Crippen molar-refractivity contribution >= 4 is 23.4 Å². The number of hydrogen-bond acceptors (Lipinski definition) is 6. The molecule has 0 saturated heterocycles. The van der Waals surface area contributed by atoms with Crippen LogP contribution in [0.15, 0.2) is 60.3 Å². The van der Waals surface area contributed by atoms with Gasteiger partial charge in [-0.05, 0) is 36.2 Å². The van der Waals surface area contributed by atoms with Crippen molar-refractivity contribution in [1.82, 2.24) is 14.8 Å². The second-order valence-electron chi connectivity index (χ2n) is 6.99. The lowest BCUT2D eigenvalue weighted by molar-refractivity contribution is -0.116. The first-order valence-electron chi connectivity index (χ1n) is 9.70. The fraction of sp³-hybridized carbons (Fsp3) is 0.227. The van der Waals surface area contributed by atoms with Crippen LogP contribution in [0.25, 0.3) is 11.4 Å². The molecule has 2 aliphatic heterocycles. The molecule has 7 nitrogen and oxygen atoms in total. The molecule has 5 rings (SSSR count). The van der Waals surface area contributed by atoms with Crippen LogP contribution < -0.4 is 14.4 Å². The summed E-state index contributed by atoms with van der Waals surface area (Å²) in [5, 5.41) is 9.38. The number of para-hydroxylation sites is 1. The Balaban J connectivity index is 1.35. The minimum atomic E-state index is 0.0720. The first-order valence-corrected chi connectivity index (χ1v) is 10.7. The fourth-order valence-corrected chi connectivity index (χ4v) is 4.56.